The van der Waals surface area contributed by atoms with Crippen LogP contribution in [0.2, 0.25) is 0 Å². The summed E-state index contributed by atoms with van der Waals surface area (Å²) in [4.78, 5) is 4.36. The third kappa shape index (κ3) is 3.03. The van der Waals surface area contributed by atoms with Gasteiger partial charge in [-0.3, -0.25) is 4.98 Å². The van der Waals surface area contributed by atoms with Crippen LogP contribution in [0.25, 0.3) is 10.9 Å². The van der Waals surface area contributed by atoms with Crippen LogP contribution in [0, 0.1) is 5.41 Å². The lowest BCUT2D eigenvalue weighted by Gasteiger charge is -2.35. The maximum absolute atomic E-state index is 4.36. The summed E-state index contributed by atoms with van der Waals surface area (Å²) in [6.07, 6.45) is 3.08. The second-order valence-corrected chi connectivity index (χ2v) is 7.17. The SMILES string of the molecule is CC1(C)CSCC(Nc2ccc3ncccc3c2)C1. The number of rotatable bonds is 2. The molecule has 0 aliphatic carbocycles. The number of anilines is 1. The molecule has 2 heterocycles. The highest BCUT2D eigenvalue weighted by Crippen LogP contribution is 2.34. The molecule has 1 saturated heterocycles. The van der Waals surface area contributed by atoms with Crippen LogP contribution in [0.4, 0.5) is 5.69 Å². The molecule has 0 bridgehead atoms. The minimum Gasteiger partial charge on any atom is -0.381 e. The predicted molar refractivity (Wildman–Crippen MR) is 84.9 cm³/mol. The fourth-order valence-corrected chi connectivity index (χ4v) is 4.03. The molecular weight excluding hydrogens is 252 g/mol. The topological polar surface area (TPSA) is 24.9 Å². The Labute approximate surface area is 119 Å². The smallest absolute Gasteiger partial charge is 0.0703 e. The minimum absolute atomic E-state index is 0.443. The number of hydrogen-bond acceptors (Lipinski definition) is 3. The van der Waals surface area contributed by atoms with Gasteiger partial charge in [-0.1, -0.05) is 19.9 Å². The molecule has 1 aliphatic heterocycles. The predicted octanol–water partition coefficient (Wildman–Crippen LogP) is 4.18. The Hall–Kier alpha value is -1.22. The van der Waals surface area contributed by atoms with Crippen molar-refractivity contribution in [3.8, 4) is 0 Å². The first-order chi connectivity index (χ1) is 9.12. The molecule has 1 unspecified atom stereocenters. The highest BCUT2D eigenvalue weighted by atomic mass is 32.2. The normalized spacial score (nSPS) is 22.3. The van der Waals surface area contributed by atoms with E-state index in [-0.39, 0.29) is 0 Å². The first kappa shape index (κ1) is 12.8. The van der Waals surface area contributed by atoms with Crippen molar-refractivity contribution >= 4 is 28.4 Å². The zero-order chi connectivity index (χ0) is 13.3. The van der Waals surface area contributed by atoms with Gasteiger partial charge in [-0.05, 0) is 41.9 Å². The van der Waals surface area contributed by atoms with Gasteiger partial charge >= 0.3 is 0 Å². The summed E-state index contributed by atoms with van der Waals surface area (Å²) in [5, 5.41) is 4.88. The van der Waals surface area contributed by atoms with Crippen LogP contribution in [-0.4, -0.2) is 22.5 Å². The Bertz CT molecular complexity index is 580. The second kappa shape index (κ2) is 5.04. The maximum atomic E-state index is 4.36. The van der Waals surface area contributed by atoms with Gasteiger partial charge in [0.15, 0.2) is 0 Å². The Balaban J connectivity index is 1.77. The van der Waals surface area contributed by atoms with Crippen molar-refractivity contribution < 1.29 is 0 Å². The van der Waals surface area contributed by atoms with Gasteiger partial charge in [-0.15, -0.1) is 0 Å². The van der Waals surface area contributed by atoms with Gasteiger partial charge in [0.25, 0.3) is 0 Å². The molecule has 1 atom stereocenters. The molecule has 1 N–H and O–H groups in total. The molecule has 2 aromatic rings. The third-order valence-electron chi connectivity index (χ3n) is 3.58. The van der Waals surface area contributed by atoms with Crippen LogP contribution in [0.5, 0.6) is 0 Å². The van der Waals surface area contributed by atoms with Crippen LogP contribution in [0.3, 0.4) is 0 Å². The summed E-state index contributed by atoms with van der Waals surface area (Å²) in [5.74, 6) is 2.47. The van der Waals surface area contributed by atoms with Crippen LogP contribution in [0.15, 0.2) is 36.5 Å². The zero-order valence-electron chi connectivity index (χ0n) is 11.5. The highest BCUT2D eigenvalue weighted by Gasteiger charge is 2.28. The summed E-state index contributed by atoms with van der Waals surface area (Å²) >= 11 is 2.06. The number of benzene rings is 1. The number of hydrogen-bond donors (Lipinski definition) is 1. The van der Waals surface area contributed by atoms with Crippen molar-refractivity contribution in [2.75, 3.05) is 16.8 Å². The van der Waals surface area contributed by atoms with E-state index in [0.717, 1.165) is 5.52 Å². The van der Waals surface area contributed by atoms with E-state index in [0.29, 0.717) is 11.5 Å². The van der Waals surface area contributed by atoms with E-state index in [9.17, 15) is 0 Å². The number of nitrogens with one attached hydrogen (secondary N) is 1. The molecule has 100 valence electrons. The summed E-state index contributed by atoms with van der Waals surface area (Å²) in [6.45, 7) is 4.72. The minimum atomic E-state index is 0.443. The number of thioether (sulfide) groups is 1. The van der Waals surface area contributed by atoms with Gasteiger partial charge < -0.3 is 5.32 Å². The van der Waals surface area contributed by atoms with Gasteiger partial charge in [0.1, 0.15) is 0 Å². The number of pyridine rings is 1. The van der Waals surface area contributed by atoms with Crippen LogP contribution in [0.1, 0.15) is 20.3 Å². The molecule has 1 fully saturated rings. The fraction of sp³-hybridized carbons (Fsp3) is 0.438. The Morgan fingerprint density at radius 2 is 2.21 bits per heavy atom. The van der Waals surface area contributed by atoms with Crippen molar-refractivity contribution in [1.29, 1.82) is 0 Å². The molecule has 19 heavy (non-hydrogen) atoms. The third-order valence-corrected chi connectivity index (χ3v) is 5.21. The summed E-state index contributed by atoms with van der Waals surface area (Å²) in [7, 11) is 0. The zero-order valence-corrected chi connectivity index (χ0v) is 12.3. The Morgan fingerprint density at radius 1 is 1.32 bits per heavy atom. The van der Waals surface area contributed by atoms with Gasteiger partial charge in [-0.2, -0.15) is 11.8 Å². The first-order valence-corrected chi connectivity index (χ1v) is 7.97. The van der Waals surface area contributed by atoms with Crippen LogP contribution < -0.4 is 5.32 Å². The second-order valence-electron chi connectivity index (χ2n) is 6.14. The number of fused-ring (bicyclic) bond motifs is 1. The fourth-order valence-electron chi connectivity index (χ4n) is 2.76. The summed E-state index contributed by atoms with van der Waals surface area (Å²) in [5.41, 5.74) is 2.72. The Kier molecular flexibility index (Phi) is 3.40. The molecule has 3 heteroatoms. The van der Waals surface area contributed by atoms with Gasteiger partial charge in [0, 0.05) is 29.1 Å². The molecule has 0 spiro atoms. The van der Waals surface area contributed by atoms with Crippen LogP contribution in [-0.2, 0) is 0 Å². The van der Waals surface area contributed by atoms with Crippen molar-refractivity contribution in [3.63, 3.8) is 0 Å². The molecule has 0 amide bonds. The van der Waals surface area contributed by atoms with Crippen molar-refractivity contribution in [2.45, 2.75) is 26.3 Å². The van der Waals surface area contributed by atoms with Crippen molar-refractivity contribution in [3.05, 3.63) is 36.5 Å². The lowest BCUT2D eigenvalue weighted by Crippen LogP contribution is -2.35. The van der Waals surface area contributed by atoms with Gasteiger partial charge in [-0.25, -0.2) is 0 Å². The lowest BCUT2D eigenvalue weighted by molar-refractivity contribution is 0.358. The number of aromatic nitrogens is 1. The van der Waals surface area contributed by atoms with Crippen molar-refractivity contribution in [1.82, 2.24) is 4.98 Å². The quantitative estimate of drug-likeness (QED) is 0.888. The standard InChI is InChI=1S/C16H20N2S/c1-16(2)9-14(10-19-11-16)18-13-5-6-15-12(8-13)4-3-7-17-15/h3-8,14,18H,9-11H2,1-2H3. The van der Waals surface area contributed by atoms with E-state index in [1.165, 1.54) is 29.0 Å². The van der Waals surface area contributed by atoms with Crippen molar-refractivity contribution in [2.24, 2.45) is 5.41 Å². The monoisotopic (exact) mass is 272 g/mol. The van der Waals surface area contributed by atoms with Gasteiger partial charge in [0.05, 0.1) is 5.52 Å². The molecule has 1 aromatic heterocycles. The van der Waals surface area contributed by atoms with Crippen LogP contribution >= 0.6 is 11.8 Å². The lowest BCUT2D eigenvalue weighted by atomic mass is 9.88. The van der Waals surface area contributed by atoms with Gasteiger partial charge in [0.2, 0.25) is 0 Å². The van der Waals surface area contributed by atoms with E-state index < -0.39 is 0 Å². The molecule has 0 radical (unpaired) electrons. The summed E-state index contributed by atoms with van der Waals surface area (Å²) < 4.78 is 0. The largest absolute Gasteiger partial charge is 0.381 e. The maximum Gasteiger partial charge on any atom is 0.0703 e. The highest BCUT2D eigenvalue weighted by molar-refractivity contribution is 7.99. The number of nitrogens with zero attached hydrogens (tertiary/aromatic N) is 1. The molecule has 0 saturated carbocycles. The molecular formula is C16H20N2S. The van der Waals surface area contributed by atoms with E-state index >= 15 is 0 Å². The van der Waals surface area contributed by atoms with E-state index in [1.54, 1.807) is 0 Å². The molecule has 1 aliphatic rings. The average molecular weight is 272 g/mol. The molecule has 1 aromatic carbocycles. The summed E-state index contributed by atoms with van der Waals surface area (Å²) in [6, 6.07) is 11.1. The van der Waals surface area contributed by atoms with E-state index in [1.807, 2.05) is 12.3 Å². The molecule has 2 nitrogen and oxygen atoms in total. The first-order valence-electron chi connectivity index (χ1n) is 6.81. The average Bonchev–Trinajstić information content (AvgIpc) is 2.37. The van der Waals surface area contributed by atoms with E-state index in [2.05, 4.69) is 60.2 Å². The Morgan fingerprint density at radius 3 is 3.05 bits per heavy atom. The molecule has 3 rings (SSSR count). The van der Waals surface area contributed by atoms with E-state index in [4.69, 9.17) is 0 Å².